The molecule has 0 spiro atoms. The molecule has 1 atom stereocenters. The second-order valence-electron chi connectivity index (χ2n) is 4.81. The van der Waals surface area contributed by atoms with Crippen molar-refractivity contribution in [2.24, 2.45) is 5.73 Å². The molecule has 0 bridgehead atoms. The lowest BCUT2D eigenvalue weighted by Gasteiger charge is -2.29. The molecule has 0 aliphatic carbocycles. The largest absolute Gasteiger partial charge is 0.327 e. The smallest absolute Gasteiger partial charge is 0.238 e. The summed E-state index contributed by atoms with van der Waals surface area (Å²) in [4.78, 5) is 13.7. The molecular formula is C13H18ClF2N3O. The second kappa shape index (κ2) is 7.52. The van der Waals surface area contributed by atoms with Crippen LogP contribution in [0, 0.1) is 11.6 Å². The molecule has 0 radical (unpaired) electrons. The summed E-state index contributed by atoms with van der Waals surface area (Å²) in [7, 11) is 0. The van der Waals surface area contributed by atoms with Crippen molar-refractivity contribution >= 4 is 24.0 Å². The third kappa shape index (κ3) is 4.70. The molecule has 3 N–H and O–H groups in total. The van der Waals surface area contributed by atoms with Gasteiger partial charge in [0, 0.05) is 18.7 Å². The SMILES string of the molecule is Cl.N[C@@H]1CCCN(CC(=O)Nc2ccc(F)cc2F)C1. The van der Waals surface area contributed by atoms with Crippen molar-refractivity contribution in [1.29, 1.82) is 0 Å². The van der Waals surface area contributed by atoms with Crippen LogP contribution in [0.5, 0.6) is 0 Å². The molecule has 1 aliphatic heterocycles. The van der Waals surface area contributed by atoms with Crippen molar-refractivity contribution in [2.45, 2.75) is 18.9 Å². The Morgan fingerprint density at radius 1 is 1.45 bits per heavy atom. The van der Waals surface area contributed by atoms with E-state index >= 15 is 0 Å². The van der Waals surface area contributed by atoms with Crippen LogP contribution in [-0.2, 0) is 4.79 Å². The molecule has 0 unspecified atom stereocenters. The molecule has 0 aromatic heterocycles. The van der Waals surface area contributed by atoms with Crippen molar-refractivity contribution in [3.05, 3.63) is 29.8 Å². The first-order valence-corrected chi connectivity index (χ1v) is 6.27. The molecule has 1 saturated heterocycles. The topological polar surface area (TPSA) is 58.4 Å². The van der Waals surface area contributed by atoms with Gasteiger partial charge in [0.25, 0.3) is 0 Å². The number of hydrogen-bond acceptors (Lipinski definition) is 3. The predicted octanol–water partition coefficient (Wildman–Crippen LogP) is 1.75. The number of nitrogens with two attached hydrogens (primary N) is 1. The Labute approximate surface area is 122 Å². The number of rotatable bonds is 3. The van der Waals surface area contributed by atoms with Crippen LogP contribution in [-0.4, -0.2) is 36.5 Å². The van der Waals surface area contributed by atoms with Crippen LogP contribution in [0.1, 0.15) is 12.8 Å². The number of amides is 1. The number of benzene rings is 1. The zero-order valence-electron chi connectivity index (χ0n) is 10.9. The molecule has 20 heavy (non-hydrogen) atoms. The number of nitrogens with one attached hydrogen (secondary N) is 1. The van der Waals surface area contributed by atoms with Gasteiger partial charge in [0.1, 0.15) is 11.6 Å². The third-order valence-corrected chi connectivity index (χ3v) is 3.11. The maximum Gasteiger partial charge on any atom is 0.238 e. The summed E-state index contributed by atoms with van der Waals surface area (Å²) in [5, 5.41) is 2.44. The molecule has 4 nitrogen and oxygen atoms in total. The Hall–Kier alpha value is -1.24. The number of anilines is 1. The van der Waals surface area contributed by atoms with E-state index in [1.165, 1.54) is 6.07 Å². The van der Waals surface area contributed by atoms with Gasteiger partial charge in [-0.3, -0.25) is 9.69 Å². The number of halogens is 3. The summed E-state index contributed by atoms with van der Waals surface area (Å²) in [6.45, 7) is 1.65. The number of carbonyl (C=O) groups excluding carboxylic acids is 1. The van der Waals surface area contributed by atoms with E-state index in [0.29, 0.717) is 6.54 Å². The summed E-state index contributed by atoms with van der Waals surface area (Å²) < 4.78 is 26.1. The molecule has 1 aliphatic rings. The highest BCUT2D eigenvalue weighted by Gasteiger charge is 2.19. The monoisotopic (exact) mass is 305 g/mol. The van der Waals surface area contributed by atoms with E-state index in [0.717, 1.165) is 31.5 Å². The number of likely N-dealkylation sites (tertiary alicyclic amines) is 1. The van der Waals surface area contributed by atoms with Crippen molar-refractivity contribution in [3.8, 4) is 0 Å². The molecule has 0 saturated carbocycles. The molecule has 1 heterocycles. The average molecular weight is 306 g/mol. The summed E-state index contributed by atoms with van der Waals surface area (Å²) in [6.07, 6.45) is 1.92. The summed E-state index contributed by atoms with van der Waals surface area (Å²) >= 11 is 0. The van der Waals surface area contributed by atoms with Crippen molar-refractivity contribution in [1.82, 2.24) is 4.90 Å². The number of nitrogens with zero attached hydrogens (tertiary/aromatic N) is 1. The van der Waals surface area contributed by atoms with Crippen LogP contribution in [0.4, 0.5) is 14.5 Å². The lowest BCUT2D eigenvalue weighted by Crippen LogP contribution is -2.45. The lowest BCUT2D eigenvalue weighted by molar-refractivity contribution is -0.117. The van der Waals surface area contributed by atoms with Gasteiger partial charge in [-0.1, -0.05) is 0 Å². The molecule has 1 amide bonds. The van der Waals surface area contributed by atoms with Crippen LogP contribution >= 0.6 is 12.4 Å². The fraction of sp³-hybridized carbons (Fsp3) is 0.462. The van der Waals surface area contributed by atoms with Crippen LogP contribution in [0.2, 0.25) is 0 Å². The van der Waals surface area contributed by atoms with Crippen molar-refractivity contribution < 1.29 is 13.6 Å². The predicted molar refractivity (Wildman–Crippen MR) is 75.9 cm³/mol. The minimum atomic E-state index is -0.774. The minimum Gasteiger partial charge on any atom is -0.327 e. The Bertz CT molecular complexity index is 473. The first-order chi connectivity index (χ1) is 9.04. The maximum atomic E-state index is 13.4. The first kappa shape index (κ1) is 16.8. The van der Waals surface area contributed by atoms with Crippen LogP contribution in [0.25, 0.3) is 0 Å². The first-order valence-electron chi connectivity index (χ1n) is 6.27. The van der Waals surface area contributed by atoms with Gasteiger partial charge in [0.05, 0.1) is 12.2 Å². The van der Waals surface area contributed by atoms with E-state index in [-0.39, 0.29) is 36.6 Å². The zero-order chi connectivity index (χ0) is 13.8. The maximum absolute atomic E-state index is 13.4. The molecular weight excluding hydrogens is 288 g/mol. The highest BCUT2D eigenvalue weighted by atomic mass is 35.5. The Balaban J connectivity index is 0.00000200. The van der Waals surface area contributed by atoms with Crippen LogP contribution < -0.4 is 11.1 Å². The summed E-state index contributed by atoms with van der Waals surface area (Å²) in [5.74, 6) is -1.76. The summed E-state index contributed by atoms with van der Waals surface area (Å²) in [5.41, 5.74) is 5.81. The Morgan fingerprint density at radius 2 is 2.20 bits per heavy atom. The van der Waals surface area contributed by atoms with E-state index in [1.807, 2.05) is 4.90 Å². The van der Waals surface area contributed by atoms with E-state index in [4.69, 9.17) is 5.73 Å². The molecule has 7 heteroatoms. The molecule has 1 fully saturated rings. The van der Waals surface area contributed by atoms with E-state index < -0.39 is 11.6 Å². The average Bonchev–Trinajstić information content (AvgIpc) is 2.33. The highest BCUT2D eigenvalue weighted by Crippen LogP contribution is 2.15. The van der Waals surface area contributed by atoms with Gasteiger partial charge in [-0.25, -0.2) is 8.78 Å². The van der Waals surface area contributed by atoms with Crippen molar-refractivity contribution in [3.63, 3.8) is 0 Å². The van der Waals surface area contributed by atoms with Crippen LogP contribution in [0.3, 0.4) is 0 Å². The quantitative estimate of drug-likeness (QED) is 0.894. The minimum absolute atomic E-state index is 0. The van der Waals surface area contributed by atoms with E-state index in [2.05, 4.69) is 5.32 Å². The van der Waals surface area contributed by atoms with E-state index in [1.54, 1.807) is 0 Å². The van der Waals surface area contributed by atoms with Gasteiger partial charge in [0.15, 0.2) is 0 Å². The van der Waals surface area contributed by atoms with Gasteiger partial charge >= 0.3 is 0 Å². The Kier molecular flexibility index (Phi) is 6.32. The normalized spacial score (nSPS) is 19.2. The molecule has 2 rings (SSSR count). The van der Waals surface area contributed by atoms with Gasteiger partial charge < -0.3 is 11.1 Å². The molecule has 1 aromatic carbocycles. The van der Waals surface area contributed by atoms with Crippen molar-refractivity contribution in [2.75, 3.05) is 25.0 Å². The van der Waals surface area contributed by atoms with E-state index in [9.17, 15) is 13.6 Å². The Morgan fingerprint density at radius 3 is 2.85 bits per heavy atom. The summed E-state index contributed by atoms with van der Waals surface area (Å²) in [6, 6.07) is 3.15. The van der Waals surface area contributed by atoms with Crippen LogP contribution in [0.15, 0.2) is 18.2 Å². The standard InChI is InChI=1S/C13H17F2N3O.ClH/c14-9-3-4-12(11(15)6-9)17-13(19)8-18-5-1-2-10(16)7-18;/h3-4,6,10H,1-2,5,7-8,16H2,(H,17,19);1H/t10-;/m1./s1. The molecule has 1 aromatic rings. The fourth-order valence-corrected chi connectivity index (χ4v) is 2.22. The van der Waals surface area contributed by atoms with Gasteiger partial charge in [0.2, 0.25) is 5.91 Å². The number of hydrogen-bond donors (Lipinski definition) is 2. The second-order valence-corrected chi connectivity index (χ2v) is 4.81. The highest BCUT2D eigenvalue weighted by molar-refractivity contribution is 5.92. The van der Waals surface area contributed by atoms with Gasteiger partial charge in [-0.15, -0.1) is 12.4 Å². The lowest BCUT2D eigenvalue weighted by atomic mass is 10.1. The third-order valence-electron chi connectivity index (χ3n) is 3.11. The zero-order valence-corrected chi connectivity index (χ0v) is 11.8. The number of carbonyl (C=O) groups is 1. The molecule has 112 valence electrons. The number of piperidine rings is 1. The van der Waals surface area contributed by atoms with Gasteiger partial charge in [-0.2, -0.15) is 0 Å². The fourth-order valence-electron chi connectivity index (χ4n) is 2.22. The van der Waals surface area contributed by atoms with Gasteiger partial charge in [-0.05, 0) is 31.5 Å².